The van der Waals surface area contributed by atoms with Crippen LogP contribution < -0.4 is 5.73 Å². The zero-order chi connectivity index (χ0) is 17.6. The molecule has 0 amide bonds. The number of thiazole rings is 1. The number of fused-ring (bicyclic) bond motifs is 3. The molecule has 25 heavy (non-hydrogen) atoms. The Morgan fingerprint density at radius 2 is 2.20 bits per heavy atom. The number of hydrogen-bond acceptors (Lipinski definition) is 5. The standard InChI is InChI=1S/C20H28N2OS2/c1-2-3-11-24-20-22-18-9-7-15-12-14(16(13-21)5-4-10-23)6-8-17(15)19(18)25-20/h6,8,12,16,23H,2-5,7,9-11,13,21H2,1H3/t16-/m0/s1. The first-order valence-electron chi connectivity index (χ1n) is 9.33. The van der Waals surface area contributed by atoms with Crippen LogP contribution in [0, 0.1) is 0 Å². The Morgan fingerprint density at radius 1 is 1.32 bits per heavy atom. The number of unbranched alkanes of at least 4 members (excludes halogenated alkanes) is 1. The van der Waals surface area contributed by atoms with Crippen molar-refractivity contribution in [2.45, 2.75) is 55.7 Å². The third-order valence-corrected chi connectivity index (χ3v) is 7.23. The summed E-state index contributed by atoms with van der Waals surface area (Å²) < 4.78 is 1.22. The second-order valence-corrected chi connectivity index (χ2v) is 9.01. The summed E-state index contributed by atoms with van der Waals surface area (Å²) in [5.41, 5.74) is 11.4. The molecule has 0 unspecified atom stereocenters. The predicted molar refractivity (Wildman–Crippen MR) is 109 cm³/mol. The molecule has 0 bridgehead atoms. The zero-order valence-corrected chi connectivity index (χ0v) is 16.6. The van der Waals surface area contributed by atoms with E-state index in [4.69, 9.17) is 15.8 Å². The summed E-state index contributed by atoms with van der Waals surface area (Å²) in [6.07, 6.45) is 6.37. The molecule has 0 radical (unpaired) electrons. The molecule has 3 rings (SSSR count). The van der Waals surface area contributed by atoms with Gasteiger partial charge < -0.3 is 10.8 Å². The van der Waals surface area contributed by atoms with Crippen LogP contribution in [0.2, 0.25) is 0 Å². The molecule has 1 atom stereocenters. The lowest BCUT2D eigenvalue weighted by atomic mass is 9.87. The van der Waals surface area contributed by atoms with Crippen molar-refractivity contribution >= 4 is 23.1 Å². The first-order valence-corrected chi connectivity index (χ1v) is 11.1. The van der Waals surface area contributed by atoms with Crippen LogP contribution in [0.15, 0.2) is 22.5 Å². The number of aryl methyl sites for hydroxylation is 2. The molecule has 5 heteroatoms. The van der Waals surface area contributed by atoms with Gasteiger partial charge in [-0.25, -0.2) is 4.98 Å². The van der Waals surface area contributed by atoms with Crippen LogP contribution >= 0.6 is 23.1 Å². The predicted octanol–water partition coefficient (Wildman–Crippen LogP) is 4.62. The van der Waals surface area contributed by atoms with Crippen molar-refractivity contribution < 1.29 is 5.11 Å². The largest absolute Gasteiger partial charge is 0.396 e. The number of benzene rings is 1. The van der Waals surface area contributed by atoms with Gasteiger partial charge in [0.05, 0.1) is 10.6 Å². The molecule has 0 spiro atoms. The second-order valence-electron chi connectivity index (χ2n) is 6.67. The molecule has 1 aromatic heterocycles. The molecule has 136 valence electrons. The van der Waals surface area contributed by atoms with Crippen molar-refractivity contribution in [3.05, 3.63) is 35.0 Å². The molecule has 1 aliphatic carbocycles. The molecule has 0 saturated heterocycles. The average molecular weight is 377 g/mol. The van der Waals surface area contributed by atoms with Gasteiger partial charge in [-0.15, -0.1) is 11.3 Å². The number of aliphatic hydroxyl groups excluding tert-OH is 1. The number of thioether (sulfide) groups is 1. The van der Waals surface area contributed by atoms with Gasteiger partial charge in [0.2, 0.25) is 0 Å². The van der Waals surface area contributed by atoms with Gasteiger partial charge in [-0.3, -0.25) is 0 Å². The molecule has 2 aromatic rings. The van der Waals surface area contributed by atoms with Crippen molar-refractivity contribution in [1.29, 1.82) is 0 Å². The highest BCUT2D eigenvalue weighted by Crippen LogP contribution is 2.41. The lowest BCUT2D eigenvalue weighted by molar-refractivity contribution is 0.280. The highest BCUT2D eigenvalue weighted by atomic mass is 32.2. The monoisotopic (exact) mass is 376 g/mol. The number of nitrogens with zero attached hydrogens (tertiary/aromatic N) is 1. The van der Waals surface area contributed by atoms with E-state index in [-0.39, 0.29) is 6.61 Å². The average Bonchev–Trinajstić information content (AvgIpc) is 3.05. The van der Waals surface area contributed by atoms with Crippen LogP contribution in [0.4, 0.5) is 0 Å². The highest BCUT2D eigenvalue weighted by molar-refractivity contribution is 8.01. The number of nitrogens with two attached hydrogens (primary N) is 1. The van der Waals surface area contributed by atoms with E-state index in [1.165, 1.54) is 44.4 Å². The van der Waals surface area contributed by atoms with E-state index < -0.39 is 0 Å². The fourth-order valence-corrected chi connectivity index (χ4v) is 5.81. The Hall–Kier alpha value is -0.880. The summed E-state index contributed by atoms with van der Waals surface area (Å²) >= 11 is 3.76. The molecular weight excluding hydrogens is 348 g/mol. The molecule has 3 N–H and O–H groups in total. The van der Waals surface area contributed by atoms with Crippen LogP contribution in [0.5, 0.6) is 0 Å². The van der Waals surface area contributed by atoms with Crippen molar-refractivity contribution in [2.24, 2.45) is 5.73 Å². The number of hydrogen-bond donors (Lipinski definition) is 2. The molecular formula is C20H28N2OS2. The highest BCUT2D eigenvalue weighted by Gasteiger charge is 2.22. The summed E-state index contributed by atoms with van der Waals surface area (Å²) in [5.74, 6) is 1.51. The number of rotatable bonds is 9. The summed E-state index contributed by atoms with van der Waals surface area (Å²) in [5, 5.41) is 9.09. The Morgan fingerprint density at radius 3 is 2.96 bits per heavy atom. The van der Waals surface area contributed by atoms with Gasteiger partial charge in [0.15, 0.2) is 4.34 Å². The SMILES string of the molecule is CCCCSc1nc2c(s1)-c1ccc([C@H](CN)CCCO)cc1CC2. The Bertz CT molecular complexity index is 699. The third-order valence-electron chi connectivity index (χ3n) is 4.87. The third kappa shape index (κ3) is 4.45. The smallest absolute Gasteiger partial charge is 0.150 e. The van der Waals surface area contributed by atoms with Gasteiger partial charge in [0.1, 0.15) is 0 Å². The molecule has 3 nitrogen and oxygen atoms in total. The molecule has 1 heterocycles. The molecule has 0 fully saturated rings. The minimum Gasteiger partial charge on any atom is -0.396 e. The van der Waals surface area contributed by atoms with Gasteiger partial charge in [-0.05, 0) is 61.3 Å². The normalized spacial score (nSPS) is 14.2. The van der Waals surface area contributed by atoms with Crippen molar-refractivity contribution in [1.82, 2.24) is 4.98 Å². The fraction of sp³-hybridized carbons (Fsp3) is 0.550. The maximum absolute atomic E-state index is 9.09. The molecule has 1 aliphatic rings. The van der Waals surface area contributed by atoms with E-state index in [2.05, 4.69) is 25.1 Å². The fourth-order valence-electron chi connectivity index (χ4n) is 3.38. The van der Waals surface area contributed by atoms with E-state index in [1.807, 2.05) is 23.1 Å². The van der Waals surface area contributed by atoms with E-state index in [0.717, 1.165) is 31.4 Å². The maximum atomic E-state index is 9.09. The molecule has 0 aliphatic heterocycles. The summed E-state index contributed by atoms with van der Waals surface area (Å²) in [6.45, 7) is 3.11. The minimum absolute atomic E-state index is 0.240. The topological polar surface area (TPSA) is 59.1 Å². The van der Waals surface area contributed by atoms with Crippen LogP contribution in [-0.2, 0) is 12.8 Å². The quantitative estimate of drug-likeness (QED) is 0.495. The van der Waals surface area contributed by atoms with Gasteiger partial charge >= 0.3 is 0 Å². The lowest BCUT2D eigenvalue weighted by Crippen LogP contribution is -2.14. The van der Waals surface area contributed by atoms with Crippen molar-refractivity contribution in [3.63, 3.8) is 0 Å². The Kier molecular flexibility index (Phi) is 6.93. The number of aliphatic hydroxyl groups is 1. The molecule has 0 saturated carbocycles. The first kappa shape index (κ1) is 18.9. The van der Waals surface area contributed by atoms with Gasteiger partial charge in [0.25, 0.3) is 0 Å². The van der Waals surface area contributed by atoms with E-state index in [0.29, 0.717) is 12.5 Å². The minimum atomic E-state index is 0.240. The number of aromatic nitrogens is 1. The maximum Gasteiger partial charge on any atom is 0.150 e. The summed E-state index contributed by atoms with van der Waals surface area (Å²) in [4.78, 5) is 6.24. The lowest BCUT2D eigenvalue weighted by Gasteiger charge is -2.20. The van der Waals surface area contributed by atoms with E-state index in [9.17, 15) is 0 Å². The molecule has 1 aromatic carbocycles. The van der Waals surface area contributed by atoms with E-state index >= 15 is 0 Å². The van der Waals surface area contributed by atoms with Crippen molar-refractivity contribution in [3.8, 4) is 10.4 Å². The van der Waals surface area contributed by atoms with Crippen LogP contribution in [-0.4, -0.2) is 29.0 Å². The second kappa shape index (κ2) is 9.17. The van der Waals surface area contributed by atoms with Crippen LogP contribution in [0.1, 0.15) is 55.3 Å². The van der Waals surface area contributed by atoms with Crippen molar-refractivity contribution in [2.75, 3.05) is 18.9 Å². The summed E-state index contributed by atoms with van der Waals surface area (Å²) in [7, 11) is 0. The zero-order valence-electron chi connectivity index (χ0n) is 15.0. The Balaban J connectivity index is 1.80. The van der Waals surface area contributed by atoms with E-state index in [1.54, 1.807) is 0 Å². The first-order chi connectivity index (χ1) is 12.3. The van der Waals surface area contributed by atoms with Crippen LogP contribution in [0.3, 0.4) is 0 Å². The van der Waals surface area contributed by atoms with Gasteiger partial charge in [-0.2, -0.15) is 0 Å². The van der Waals surface area contributed by atoms with Gasteiger partial charge in [0, 0.05) is 12.4 Å². The Labute approximate surface area is 159 Å². The van der Waals surface area contributed by atoms with Gasteiger partial charge in [-0.1, -0.05) is 43.3 Å². The van der Waals surface area contributed by atoms with Crippen LogP contribution in [0.25, 0.3) is 10.4 Å². The summed E-state index contributed by atoms with van der Waals surface area (Å²) in [6, 6.07) is 6.84.